The van der Waals surface area contributed by atoms with E-state index in [9.17, 15) is 28.4 Å². The summed E-state index contributed by atoms with van der Waals surface area (Å²) < 4.78 is 20.4. The minimum absolute atomic E-state index is 0.0223. The minimum Gasteiger partial charge on any atom is -0.378 e. The first-order valence-corrected chi connectivity index (χ1v) is 16.5. The van der Waals surface area contributed by atoms with Crippen LogP contribution in [0.4, 0.5) is 4.39 Å². The first kappa shape index (κ1) is 39.9. The normalized spacial score (nSPS) is 13.8. The topological polar surface area (TPSA) is 174 Å². The third-order valence-electron chi connectivity index (χ3n) is 7.74. The quantitative estimate of drug-likeness (QED) is 0.0454. The van der Waals surface area contributed by atoms with E-state index in [-0.39, 0.29) is 68.0 Å². The number of nitrogens with zero attached hydrogens (tertiary/aromatic N) is 4. The van der Waals surface area contributed by atoms with Gasteiger partial charge in [-0.1, -0.05) is 36.9 Å². The Hall–Kier alpha value is -5.54. The maximum Gasteiger partial charge on any atom is 0.272 e. The maximum absolute atomic E-state index is 14.9. The second kappa shape index (κ2) is 20.9. The standard InChI is InChI=1S/C36H45FN8O6/c1-5-31(42-26(4)47)34(39-6-2)35(49)40-14-20-51-19-13-38-23-33(48)44-15-17-45(18-16-44)36(50)29-21-27(11-12-30(29)37)22-32(43-41-24-46)28-10-8-7-9-25(28)3/h5-12,21,24,38H,1,13-20,22-23H2,2-4H3,(H,40,49)(H,41,46)(H,42,47)/b34-31+,39-6?,43-32-. The molecule has 2 aromatic rings. The zero-order valence-corrected chi connectivity index (χ0v) is 29.2. The van der Waals surface area contributed by atoms with Gasteiger partial charge in [-0.15, -0.1) is 0 Å². The lowest BCUT2D eigenvalue weighted by atomic mass is 9.97. The van der Waals surface area contributed by atoms with Crippen molar-refractivity contribution >= 4 is 42.0 Å². The van der Waals surface area contributed by atoms with Gasteiger partial charge in [0, 0.05) is 64.4 Å². The Morgan fingerprint density at radius 3 is 2.37 bits per heavy atom. The molecule has 0 atom stereocenters. The predicted molar refractivity (Wildman–Crippen MR) is 191 cm³/mol. The average Bonchev–Trinajstić information content (AvgIpc) is 3.13. The molecule has 1 fully saturated rings. The molecule has 0 aliphatic carbocycles. The van der Waals surface area contributed by atoms with E-state index in [1.807, 2.05) is 31.2 Å². The van der Waals surface area contributed by atoms with Gasteiger partial charge in [-0.25, -0.2) is 9.82 Å². The van der Waals surface area contributed by atoms with E-state index in [1.165, 1.54) is 36.2 Å². The summed E-state index contributed by atoms with van der Waals surface area (Å²) in [4.78, 5) is 68.1. The first-order valence-electron chi connectivity index (χ1n) is 16.5. The van der Waals surface area contributed by atoms with Crippen LogP contribution in [0, 0.1) is 12.7 Å². The van der Waals surface area contributed by atoms with E-state index >= 15 is 0 Å². The summed E-state index contributed by atoms with van der Waals surface area (Å²) in [6.45, 7) is 10.8. The monoisotopic (exact) mass is 704 g/mol. The number of hydrogen-bond acceptors (Lipinski definition) is 9. The number of amides is 5. The number of hydrazone groups is 1. The van der Waals surface area contributed by atoms with E-state index in [4.69, 9.17) is 4.74 Å². The first-order chi connectivity index (χ1) is 24.6. The van der Waals surface area contributed by atoms with Crippen LogP contribution in [0.15, 0.2) is 76.6 Å². The van der Waals surface area contributed by atoms with Crippen molar-refractivity contribution in [2.75, 3.05) is 59.0 Å². The molecular weight excluding hydrogens is 659 g/mol. The molecule has 5 amide bonds. The van der Waals surface area contributed by atoms with E-state index < -0.39 is 17.6 Å². The fraction of sp³-hybridized carbons (Fsp3) is 0.361. The van der Waals surface area contributed by atoms with Crippen LogP contribution in [-0.2, 0) is 30.3 Å². The van der Waals surface area contributed by atoms with Crippen molar-refractivity contribution in [3.63, 3.8) is 0 Å². The number of ether oxygens (including phenoxy) is 1. The van der Waals surface area contributed by atoms with Gasteiger partial charge in [0.05, 0.1) is 36.7 Å². The van der Waals surface area contributed by atoms with Crippen molar-refractivity contribution in [2.24, 2.45) is 10.1 Å². The van der Waals surface area contributed by atoms with Crippen molar-refractivity contribution in [1.82, 2.24) is 31.2 Å². The molecule has 0 saturated carbocycles. The van der Waals surface area contributed by atoms with Gasteiger partial charge in [-0.2, -0.15) is 5.10 Å². The molecule has 14 nitrogen and oxygen atoms in total. The van der Waals surface area contributed by atoms with Crippen LogP contribution in [0.3, 0.4) is 0 Å². The van der Waals surface area contributed by atoms with Gasteiger partial charge in [0.25, 0.3) is 11.8 Å². The van der Waals surface area contributed by atoms with E-state index in [2.05, 4.69) is 38.0 Å². The van der Waals surface area contributed by atoms with Crippen LogP contribution in [0.5, 0.6) is 0 Å². The number of rotatable bonds is 18. The minimum atomic E-state index is -0.646. The molecule has 1 aliphatic rings. The smallest absolute Gasteiger partial charge is 0.272 e. The summed E-state index contributed by atoms with van der Waals surface area (Å²) in [5.41, 5.74) is 5.47. The lowest BCUT2D eigenvalue weighted by Crippen LogP contribution is -2.52. The number of carbonyl (C=O) groups is 5. The molecule has 272 valence electrons. The number of aryl methyl sites for hydroxylation is 1. The summed E-state index contributed by atoms with van der Waals surface area (Å²) in [6.07, 6.45) is 3.50. The summed E-state index contributed by atoms with van der Waals surface area (Å²) in [6, 6.07) is 11.9. The highest BCUT2D eigenvalue weighted by Gasteiger charge is 2.26. The van der Waals surface area contributed by atoms with Gasteiger partial charge in [0.1, 0.15) is 5.82 Å². The van der Waals surface area contributed by atoms with Gasteiger partial charge in [-0.3, -0.25) is 29.0 Å². The highest BCUT2D eigenvalue weighted by atomic mass is 19.1. The van der Waals surface area contributed by atoms with Crippen LogP contribution < -0.4 is 21.4 Å². The number of allylic oxidation sites excluding steroid dienone is 1. The SMILES string of the molecule is C=C/C(NC(C)=O)=C(\N=CC)C(=O)NCCOCCNCC(=O)N1CCN(C(=O)c2cc(C/C(=N/NC=O)c3ccccc3C)ccc2F)CC1. The molecule has 0 radical (unpaired) electrons. The second-order valence-electron chi connectivity index (χ2n) is 11.4. The molecule has 15 heteroatoms. The summed E-state index contributed by atoms with van der Waals surface area (Å²) >= 11 is 0. The highest BCUT2D eigenvalue weighted by molar-refractivity contribution is 6.03. The molecule has 51 heavy (non-hydrogen) atoms. The number of hydrogen-bond donors (Lipinski definition) is 4. The van der Waals surface area contributed by atoms with Crippen molar-refractivity contribution in [2.45, 2.75) is 27.2 Å². The zero-order chi connectivity index (χ0) is 37.2. The number of nitrogens with one attached hydrogen (secondary N) is 4. The summed E-state index contributed by atoms with van der Waals surface area (Å²) in [5, 5.41) is 12.4. The Kier molecular flexibility index (Phi) is 16.3. The molecule has 1 saturated heterocycles. The van der Waals surface area contributed by atoms with E-state index in [0.717, 1.165) is 11.1 Å². The largest absolute Gasteiger partial charge is 0.378 e. The van der Waals surface area contributed by atoms with Crippen molar-refractivity contribution in [1.29, 1.82) is 0 Å². The average molecular weight is 705 g/mol. The number of benzene rings is 2. The molecule has 0 spiro atoms. The van der Waals surface area contributed by atoms with Crippen LogP contribution in [0.25, 0.3) is 0 Å². The van der Waals surface area contributed by atoms with Gasteiger partial charge in [-0.05, 0) is 43.2 Å². The zero-order valence-electron chi connectivity index (χ0n) is 29.2. The molecule has 0 aromatic heterocycles. The number of halogens is 1. The Balaban J connectivity index is 1.42. The van der Waals surface area contributed by atoms with Crippen LogP contribution in [0.1, 0.15) is 40.9 Å². The van der Waals surface area contributed by atoms with Gasteiger partial charge >= 0.3 is 0 Å². The maximum atomic E-state index is 14.9. The Bertz CT molecular complexity index is 1670. The number of aliphatic imine (C=N–C) groups is 1. The van der Waals surface area contributed by atoms with E-state index in [0.29, 0.717) is 43.9 Å². The van der Waals surface area contributed by atoms with Gasteiger partial charge in [0.15, 0.2) is 5.70 Å². The second-order valence-corrected chi connectivity index (χ2v) is 11.4. The van der Waals surface area contributed by atoms with Gasteiger partial charge in [0.2, 0.25) is 18.2 Å². The van der Waals surface area contributed by atoms with E-state index in [1.54, 1.807) is 17.9 Å². The fourth-order valence-electron chi connectivity index (χ4n) is 5.21. The van der Waals surface area contributed by atoms with Crippen molar-refractivity contribution in [3.8, 4) is 0 Å². The lowest BCUT2D eigenvalue weighted by Gasteiger charge is -2.35. The molecule has 1 heterocycles. The Morgan fingerprint density at radius 2 is 1.71 bits per heavy atom. The number of piperazine rings is 1. The van der Waals surface area contributed by atoms with Crippen LogP contribution in [-0.4, -0.2) is 111 Å². The molecule has 0 bridgehead atoms. The summed E-state index contributed by atoms with van der Waals surface area (Å²) in [5.74, 6) is -2.10. The fourth-order valence-corrected chi connectivity index (χ4v) is 5.21. The third-order valence-corrected chi connectivity index (χ3v) is 7.74. The van der Waals surface area contributed by atoms with Crippen molar-refractivity contribution < 1.29 is 33.1 Å². The molecule has 3 rings (SSSR count). The Morgan fingerprint density at radius 1 is 1.00 bits per heavy atom. The molecular formula is C36H45FN8O6. The van der Waals surface area contributed by atoms with Crippen molar-refractivity contribution in [3.05, 3.63) is 94.6 Å². The predicted octanol–water partition coefficient (Wildman–Crippen LogP) is 1.46. The summed E-state index contributed by atoms with van der Waals surface area (Å²) in [7, 11) is 0. The molecule has 1 aliphatic heterocycles. The van der Waals surface area contributed by atoms with Crippen LogP contribution >= 0.6 is 0 Å². The van der Waals surface area contributed by atoms with Gasteiger partial charge < -0.3 is 30.5 Å². The highest BCUT2D eigenvalue weighted by Crippen LogP contribution is 2.18. The molecule has 4 N–H and O–H groups in total. The third kappa shape index (κ3) is 12.4. The molecule has 2 aromatic carbocycles. The van der Waals surface area contributed by atoms with Crippen LogP contribution in [0.2, 0.25) is 0 Å². The lowest BCUT2D eigenvalue weighted by molar-refractivity contribution is -0.131. The molecule has 0 unspecified atom stereocenters. The Labute approximate surface area is 296 Å². The number of carbonyl (C=O) groups excluding carboxylic acids is 5.